The van der Waals surface area contributed by atoms with E-state index in [1.165, 1.54) is 18.2 Å². The number of aromatic hydroxyl groups is 1. The Balaban J connectivity index is 2.28. The van der Waals surface area contributed by atoms with Gasteiger partial charge in [0.1, 0.15) is 10.7 Å². The Kier molecular flexibility index (Phi) is 4.93. The van der Waals surface area contributed by atoms with Crippen LogP contribution in [0.3, 0.4) is 0 Å². The van der Waals surface area contributed by atoms with Crippen molar-refractivity contribution in [2.45, 2.75) is 15.5 Å². The molecule has 2 aromatic carbocycles. The van der Waals surface area contributed by atoms with Gasteiger partial charge < -0.3 is 9.66 Å². The number of thiol groups is 1. The van der Waals surface area contributed by atoms with Gasteiger partial charge in [0.25, 0.3) is 0 Å². The molecule has 1 N–H and O–H groups in total. The molecule has 0 aliphatic carbocycles. The zero-order chi connectivity index (χ0) is 14.7. The van der Waals surface area contributed by atoms with Crippen molar-refractivity contribution in [3.05, 3.63) is 53.1 Å². The summed E-state index contributed by atoms with van der Waals surface area (Å²) in [6.07, 6.45) is 0. The SMILES string of the molecule is O=[SH](=O)Cc1ccc([S+]([O-])c2cc(Cl)ccc2O)cc1. The lowest BCUT2D eigenvalue weighted by molar-refractivity contribution is 0.458. The van der Waals surface area contributed by atoms with E-state index < -0.39 is 21.9 Å². The largest absolute Gasteiger partial charge is 0.606 e. The maximum Gasteiger partial charge on any atom is 0.201 e. The minimum Gasteiger partial charge on any atom is -0.606 e. The van der Waals surface area contributed by atoms with Crippen LogP contribution in [0.15, 0.2) is 52.3 Å². The maximum atomic E-state index is 12.3. The Morgan fingerprint density at radius 1 is 1.15 bits per heavy atom. The second-order valence-corrected chi connectivity index (χ2v) is 6.88. The first-order chi connectivity index (χ1) is 9.47. The van der Waals surface area contributed by atoms with Gasteiger partial charge in [-0.2, -0.15) is 0 Å². The number of hydrogen-bond acceptors (Lipinski definition) is 4. The van der Waals surface area contributed by atoms with Crippen molar-refractivity contribution in [2.24, 2.45) is 0 Å². The zero-order valence-corrected chi connectivity index (χ0v) is 12.6. The van der Waals surface area contributed by atoms with Crippen molar-refractivity contribution in [1.82, 2.24) is 0 Å². The normalized spacial score (nSPS) is 12.6. The minimum atomic E-state index is -2.49. The first kappa shape index (κ1) is 15.2. The van der Waals surface area contributed by atoms with E-state index in [0.717, 1.165) is 0 Å². The van der Waals surface area contributed by atoms with Gasteiger partial charge in [-0.1, -0.05) is 23.7 Å². The van der Waals surface area contributed by atoms with Gasteiger partial charge in [-0.3, -0.25) is 0 Å². The lowest BCUT2D eigenvalue weighted by Gasteiger charge is -2.11. The molecule has 7 heteroatoms. The summed E-state index contributed by atoms with van der Waals surface area (Å²) in [5.41, 5.74) is 0.622. The third-order valence-corrected chi connectivity index (χ3v) is 4.86. The van der Waals surface area contributed by atoms with Crippen LogP contribution >= 0.6 is 11.6 Å². The maximum absolute atomic E-state index is 12.3. The predicted molar refractivity (Wildman–Crippen MR) is 78.3 cm³/mol. The van der Waals surface area contributed by atoms with Crippen LogP contribution in [-0.2, 0) is 27.6 Å². The highest BCUT2D eigenvalue weighted by Gasteiger charge is 2.19. The van der Waals surface area contributed by atoms with Crippen molar-refractivity contribution in [3.8, 4) is 5.75 Å². The van der Waals surface area contributed by atoms with Crippen LogP contribution in [0.1, 0.15) is 5.56 Å². The summed E-state index contributed by atoms with van der Waals surface area (Å²) >= 11 is 4.24. The van der Waals surface area contributed by atoms with Crippen LogP contribution in [0.2, 0.25) is 5.02 Å². The van der Waals surface area contributed by atoms with Gasteiger partial charge in [0.05, 0.1) is 5.75 Å². The molecule has 2 aromatic rings. The van der Waals surface area contributed by atoms with E-state index in [0.29, 0.717) is 15.5 Å². The van der Waals surface area contributed by atoms with Crippen LogP contribution in [-0.4, -0.2) is 18.1 Å². The smallest absolute Gasteiger partial charge is 0.201 e. The minimum absolute atomic E-state index is 0.0509. The monoisotopic (exact) mass is 330 g/mol. The average molecular weight is 331 g/mol. The number of phenolic OH excluding ortho intramolecular Hbond substituents is 1. The summed E-state index contributed by atoms with van der Waals surface area (Å²) in [5.74, 6) is -0.149. The van der Waals surface area contributed by atoms with Gasteiger partial charge in [0.15, 0.2) is 10.6 Å². The lowest BCUT2D eigenvalue weighted by Crippen LogP contribution is -2.02. The number of benzene rings is 2. The quantitative estimate of drug-likeness (QED) is 0.666. The van der Waals surface area contributed by atoms with Crippen molar-refractivity contribution < 1.29 is 18.1 Å². The zero-order valence-electron chi connectivity index (χ0n) is 10.2. The molecule has 0 amide bonds. The van der Waals surface area contributed by atoms with Crippen molar-refractivity contribution in [3.63, 3.8) is 0 Å². The molecular weight excluding hydrogens is 320 g/mol. The van der Waals surface area contributed by atoms with Crippen LogP contribution in [0.5, 0.6) is 5.75 Å². The molecule has 2 rings (SSSR count). The molecule has 0 saturated heterocycles. The van der Waals surface area contributed by atoms with E-state index >= 15 is 0 Å². The number of hydrogen-bond donors (Lipinski definition) is 2. The highest BCUT2D eigenvalue weighted by molar-refractivity contribution is 7.91. The second kappa shape index (κ2) is 6.49. The van der Waals surface area contributed by atoms with E-state index in [1.807, 2.05) is 0 Å². The van der Waals surface area contributed by atoms with Gasteiger partial charge in [-0.05, 0) is 29.8 Å². The van der Waals surface area contributed by atoms with Gasteiger partial charge in [-0.15, -0.1) is 0 Å². The fraction of sp³-hybridized carbons (Fsp3) is 0.0769. The molecule has 20 heavy (non-hydrogen) atoms. The Bertz CT molecular complexity index is 675. The van der Waals surface area contributed by atoms with Crippen LogP contribution < -0.4 is 0 Å². The van der Waals surface area contributed by atoms with Gasteiger partial charge in [0, 0.05) is 22.3 Å². The summed E-state index contributed by atoms with van der Waals surface area (Å²) < 4.78 is 33.6. The second-order valence-electron chi connectivity index (χ2n) is 4.02. The summed E-state index contributed by atoms with van der Waals surface area (Å²) in [5, 5.41) is 10.1. The molecule has 0 heterocycles. The molecule has 0 fully saturated rings. The molecule has 0 aliphatic heterocycles. The summed E-state index contributed by atoms with van der Waals surface area (Å²) in [6.45, 7) is 0. The number of phenols is 1. The third kappa shape index (κ3) is 3.67. The van der Waals surface area contributed by atoms with Crippen molar-refractivity contribution in [2.75, 3.05) is 0 Å². The lowest BCUT2D eigenvalue weighted by atomic mass is 10.2. The summed E-state index contributed by atoms with van der Waals surface area (Å²) in [6, 6.07) is 10.7. The summed E-state index contributed by atoms with van der Waals surface area (Å²) in [4.78, 5) is 0.688. The molecule has 106 valence electrons. The highest BCUT2D eigenvalue weighted by atomic mass is 35.5. The molecule has 0 saturated carbocycles. The Labute approximate surface area is 126 Å². The number of halogens is 1. The first-order valence-electron chi connectivity index (χ1n) is 5.58. The van der Waals surface area contributed by atoms with E-state index in [2.05, 4.69) is 0 Å². The van der Waals surface area contributed by atoms with Crippen molar-refractivity contribution in [1.29, 1.82) is 0 Å². The van der Waals surface area contributed by atoms with Crippen LogP contribution in [0.25, 0.3) is 0 Å². The topological polar surface area (TPSA) is 77.4 Å². The molecule has 0 aromatic heterocycles. The first-order valence-corrected chi connectivity index (χ1v) is 8.47. The Morgan fingerprint density at radius 2 is 1.80 bits per heavy atom. The van der Waals surface area contributed by atoms with Crippen LogP contribution in [0.4, 0.5) is 0 Å². The van der Waals surface area contributed by atoms with E-state index in [9.17, 15) is 18.1 Å². The van der Waals surface area contributed by atoms with E-state index in [-0.39, 0.29) is 16.4 Å². The van der Waals surface area contributed by atoms with Crippen LogP contribution in [0, 0.1) is 0 Å². The fourth-order valence-corrected chi connectivity index (χ4v) is 3.51. The van der Waals surface area contributed by atoms with Crippen molar-refractivity contribution >= 4 is 33.5 Å². The molecule has 1 atom stereocenters. The Morgan fingerprint density at radius 3 is 2.40 bits per heavy atom. The van der Waals surface area contributed by atoms with Gasteiger partial charge in [0.2, 0.25) is 4.90 Å². The number of rotatable bonds is 4. The average Bonchev–Trinajstić information content (AvgIpc) is 2.41. The molecule has 0 aliphatic rings. The summed E-state index contributed by atoms with van der Waals surface area (Å²) in [7, 11) is -2.49. The standard InChI is InChI=1S/C13H11ClO4S2/c14-10-3-6-12(15)13(7-10)20(18)11-4-1-9(2-5-11)8-19(16)17/h1-7,15,19H,8H2. The molecule has 4 nitrogen and oxygen atoms in total. The van der Waals surface area contributed by atoms with Gasteiger partial charge in [-0.25, -0.2) is 8.42 Å². The molecule has 0 bridgehead atoms. The van der Waals surface area contributed by atoms with E-state index in [1.54, 1.807) is 24.3 Å². The highest BCUT2D eigenvalue weighted by Crippen LogP contribution is 2.31. The molecular formula is C13H11ClO4S2. The Hall–Kier alpha value is -1.21. The molecule has 1 unspecified atom stereocenters. The molecule has 0 spiro atoms. The fourth-order valence-electron chi connectivity index (χ4n) is 1.63. The third-order valence-electron chi connectivity index (χ3n) is 2.57. The molecule has 0 radical (unpaired) electrons. The predicted octanol–water partition coefficient (Wildman–Crippen LogP) is 2.32. The van der Waals surface area contributed by atoms with E-state index in [4.69, 9.17) is 11.6 Å². The van der Waals surface area contributed by atoms with Gasteiger partial charge >= 0.3 is 0 Å².